The lowest BCUT2D eigenvalue weighted by Crippen LogP contribution is -2.46. The van der Waals surface area contributed by atoms with Crippen LogP contribution in [0.5, 0.6) is 11.5 Å². The third-order valence-electron chi connectivity index (χ3n) is 7.57. The van der Waals surface area contributed by atoms with E-state index in [-0.39, 0.29) is 41.4 Å². The number of ketones is 1. The molecule has 1 amide bonds. The van der Waals surface area contributed by atoms with Gasteiger partial charge in [0, 0.05) is 24.4 Å². The lowest BCUT2D eigenvalue weighted by atomic mass is 9.69. The zero-order valence-electron chi connectivity index (χ0n) is 16.5. The molecule has 5 nitrogen and oxygen atoms in total. The molecule has 0 saturated heterocycles. The summed E-state index contributed by atoms with van der Waals surface area (Å²) >= 11 is 0. The van der Waals surface area contributed by atoms with Crippen LogP contribution in [0.2, 0.25) is 0 Å². The summed E-state index contributed by atoms with van der Waals surface area (Å²) in [5.74, 6) is 1.90. The Hall–Kier alpha value is -2.04. The highest BCUT2D eigenvalue weighted by Gasteiger charge is 2.61. The van der Waals surface area contributed by atoms with Crippen molar-refractivity contribution in [2.45, 2.75) is 58.9 Å². The van der Waals surface area contributed by atoms with Gasteiger partial charge in [0.1, 0.15) is 13.2 Å². The molecule has 2 saturated carbocycles. The molecule has 1 N–H and O–H groups in total. The van der Waals surface area contributed by atoms with Gasteiger partial charge in [-0.25, -0.2) is 0 Å². The van der Waals surface area contributed by atoms with Crippen LogP contribution in [0, 0.1) is 16.7 Å². The fourth-order valence-electron chi connectivity index (χ4n) is 5.28. The molecule has 2 fully saturated rings. The van der Waals surface area contributed by atoms with Gasteiger partial charge in [0.15, 0.2) is 17.3 Å². The number of ether oxygens (including phenoxy) is 2. The monoisotopic (exact) mass is 371 g/mol. The first-order valence-electron chi connectivity index (χ1n) is 10.0. The number of rotatable bonds is 5. The first-order valence-corrected chi connectivity index (χ1v) is 10.0. The molecule has 27 heavy (non-hydrogen) atoms. The average Bonchev–Trinajstić information content (AvgIpc) is 2.99. The SMILES string of the molecule is CC1(C)C2CCC1(C)C(NC(=O)CCC(=O)c1ccc3c(c1)OCCO3)C2. The van der Waals surface area contributed by atoms with Crippen molar-refractivity contribution in [1.82, 2.24) is 5.32 Å². The molecule has 0 aromatic heterocycles. The fraction of sp³-hybridized carbons (Fsp3) is 0.636. The Bertz CT molecular complexity index is 772. The van der Waals surface area contributed by atoms with Gasteiger partial charge in [-0.1, -0.05) is 20.8 Å². The van der Waals surface area contributed by atoms with Crippen molar-refractivity contribution in [2.75, 3.05) is 13.2 Å². The predicted octanol–water partition coefficient (Wildman–Crippen LogP) is 3.75. The molecule has 5 heteroatoms. The molecule has 4 rings (SSSR count). The Balaban J connectivity index is 1.33. The Morgan fingerprint density at radius 1 is 1.11 bits per heavy atom. The van der Waals surface area contributed by atoms with E-state index in [0.29, 0.717) is 36.2 Å². The number of fused-ring (bicyclic) bond motifs is 3. The van der Waals surface area contributed by atoms with Crippen LogP contribution in [0.4, 0.5) is 0 Å². The van der Waals surface area contributed by atoms with Crippen LogP contribution in [-0.4, -0.2) is 30.9 Å². The largest absolute Gasteiger partial charge is 0.486 e. The van der Waals surface area contributed by atoms with Crippen molar-refractivity contribution < 1.29 is 19.1 Å². The van der Waals surface area contributed by atoms with E-state index in [1.54, 1.807) is 18.2 Å². The number of carbonyl (C=O) groups excluding carboxylic acids is 2. The first-order chi connectivity index (χ1) is 12.8. The lowest BCUT2D eigenvalue weighted by Gasteiger charge is -2.39. The zero-order chi connectivity index (χ0) is 19.2. The second-order valence-corrected chi connectivity index (χ2v) is 9.01. The molecule has 3 aliphatic rings. The molecule has 0 radical (unpaired) electrons. The average molecular weight is 371 g/mol. The fourth-order valence-corrected chi connectivity index (χ4v) is 5.28. The molecule has 1 aliphatic heterocycles. The summed E-state index contributed by atoms with van der Waals surface area (Å²) in [5.41, 5.74) is 0.999. The summed E-state index contributed by atoms with van der Waals surface area (Å²) in [6.45, 7) is 8.00. The maximum Gasteiger partial charge on any atom is 0.220 e. The quantitative estimate of drug-likeness (QED) is 0.801. The number of hydrogen-bond acceptors (Lipinski definition) is 4. The van der Waals surface area contributed by atoms with Gasteiger partial charge in [0.25, 0.3) is 0 Å². The van der Waals surface area contributed by atoms with E-state index in [9.17, 15) is 9.59 Å². The van der Waals surface area contributed by atoms with Gasteiger partial charge >= 0.3 is 0 Å². The Kier molecular flexibility index (Phi) is 4.44. The van der Waals surface area contributed by atoms with E-state index in [4.69, 9.17) is 9.47 Å². The van der Waals surface area contributed by atoms with Gasteiger partial charge in [-0.2, -0.15) is 0 Å². The molecule has 146 valence electrons. The van der Waals surface area contributed by atoms with Crippen molar-refractivity contribution >= 4 is 11.7 Å². The molecule has 1 heterocycles. The highest BCUT2D eigenvalue weighted by Crippen LogP contribution is 2.65. The van der Waals surface area contributed by atoms with Gasteiger partial charge in [0.2, 0.25) is 5.91 Å². The minimum Gasteiger partial charge on any atom is -0.486 e. The molecular weight excluding hydrogens is 342 g/mol. The highest BCUT2D eigenvalue weighted by atomic mass is 16.6. The number of carbonyl (C=O) groups is 2. The summed E-state index contributed by atoms with van der Waals surface area (Å²) in [6, 6.07) is 5.45. The Morgan fingerprint density at radius 2 is 1.85 bits per heavy atom. The van der Waals surface area contributed by atoms with Crippen LogP contribution in [0.15, 0.2) is 18.2 Å². The molecule has 1 aromatic carbocycles. The zero-order valence-corrected chi connectivity index (χ0v) is 16.5. The number of Topliss-reactive ketones (excluding diaryl/α,β-unsaturated/α-hetero) is 1. The second kappa shape index (κ2) is 6.54. The van der Waals surface area contributed by atoms with Crippen LogP contribution in [0.3, 0.4) is 0 Å². The lowest BCUT2D eigenvalue weighted by molar-refractivity contribution is -0.122. The summed E-state index contributed by atoms with van der Waals surface area (Å²) in [5, 5.41) is 3.23. The van der Waals surface area contributed by atoms with Crippen molar-refractivity contribution in [2.24, 2.45) is 16.7 Å². The highest BCUT2D eigenvalue weighted by molar-refractivity contribution is 5.98. The Morgan fingerprint density at radius 3 is 2.52 bits per heavy atom. The van der Waals surface area contributed by atoms with Gasteiger partial charge in [0.05, 0.1) is 0 Å². The van der Waals surface area contributed by atoms with Crippen LogP contribution in [-0.2, 0) is 4.79 Å². The molecule has 3 unspecified atom stereocenters. The third-order valence-corrected chi connectivity index (χ3v) is 7.57. The molecule has 1 aromatic rings. The maximum absolute atomic E-state index is 12.5. The standard InChI is InChI=1S/C22H29NO4/c1-21(2)15-8-9-22(21,3)19(13-15)23-20(25)7-5-16(24)14-4-6-17-18(12-14)27-11-10-26-17/h4,6,12,15,19H,5,7-11,13H2,1-3H3,(H,23,25). The van der Waals surface area contributed by atoms with E-state index < -0.39 is 0 Å². The smallest absolute Gasteiger partial charge is 0.220 e. The van der Waals surface area contributed by atoms with E-state index in [1.807, 2.05) is 0 Å². The van der Waals surface area contributed by atoms with Crippen molar-refractivity contribution in [3.63, 3.8) is 0 Å². The molecule has 3 atom stereocenters. The summed E-state index contributed by atoms with van der Waals surface area (Å²) in [4.78, 5) is 25.0. The van der Waals surface area contributed by atoms with Gasteiger partial charge < -0.3 is 14.8 Å². The predicted molar refractivity (Wildman–Crippen MR) is 102 cm³/mol. The number of amides is 1. The second-order valence-electron chi connectivity index (χ2n) is 9.01. The molecule has 0 spiro atoms. The number of nitrogens with one attached hydrogen (secondary N) is 1. The maximum atomic E-state index is 12.5. The summed E-state index contributed by atoms with van der Waals surface area (Å²) < 4.78 is 11.0. The molecule has 2 bridgehead atoms. The van der Waals surface area contributed by atoms with Gasteiger partial charge in [-0.15, -0.1) is 0 Å². The van der Waals surface area contributed by atoms with E-state index in [0.717, 1.165) is 6.42 Å². The number of benzene rings is 1. The molecular formula is C22H29NO4. The third kappa shape index (κ3) is 3.01. The first kappa shape index (κ1) is 18.3. The van der Waals surface area contributed by atoms with Crippen molar-refractivity contribution in [3.05, 3.63) is 23.8 Å². The minimum absolute atomic E-state index is 0.0181. The Labute approximate surface area is 160 Å². The van der Waals surface area contributed by atoms with Crippen molar-refractivity contribution in [3.8, 4) is 11.5 Å². The van der Waals surface area contributed by atoms with Gasteiger partial charge in [-0.05, 0) is 54.2 Å². The summed E-state index contributed by atoms with van der Waals surface area (Å²) in [6.07, 6.45) is 3.93. The summed E-state index contributed by atoms with van der Waals surface area (Å²) in [7, 11) is 0. The van der Waals surface area contributed by atoms with E-state index in [1.165, 1.54) is 12.8 Å². The van der Waals surface area contributed by atoms with Crippen LogP contribution in [0.25, 0.3) is 0 Å². The van der Waals surface area contributed by atoms with E-state index >= 15 is 0 Å². The van der Waals surface area contributed by atoms with Crippen LogP contribution >= 0.6 is 0 Å². The van der Waals surface area contributed by atoms with E-state index in [2.05, 4.69) is 26.1 Å². The topological polar surface area (TPSA) is 64.6 Å². The van der Waals surface area contributed by atoms with Gasteiger partial charge in [-0.3, -0.25) is 9.59 Å². The van der Waals surface area contributed by atoms with Crippen LogP contribution in [0.1, 0.15) is 63.2 Å². The normalized spacial score (nSPS) is 30.2. The van der Waals surface area contributed by atoms with Crippen molar-refractivity contribution in [1.29, 1.82) is 0 Å². The minimum atomic E-state index is -0.0402. The number of hydrogen-bond donors (Lipinski definition) is 1. The van der Waals surface area contributed by atoms with Crippen LogP contribution < -0.4 is 14.8 Å². The molecule has 2 aliphatic carbocycles.